The quantitative estimate of drug-likeness (QED) is 0.794. The van der Waals surface area contributed by atoms with E-state index in [1.807, 2.05) is 19.1 Å². The second kappa shape index (κ2) is 3.57. The van der Waals surface area contributed by atoms with Gasteiger partial charge < -0.3 is 5.73 Å². The molecule has 0 saturated carbocycles. The van der Waals surface area contributed by atoms with Gasteiger partial charge >= 0.3 is 0 Å². The second-order valence-electron chi connectivity index (χ2n) is 2.34. The molecule has 1 nitrogen and oxygen atoms in total. The van der Waals surface area contributed by atoms with E-state index < -0.39 is 0 Å². The van der Waals surface area contributed by atoms with Crippen molar-refractivity contribution in [3.63, 3.8) is 0 Å². The molecule has 0 bridgehead atoms. The van der Waals surface area contributed by atoms with Crippen molar-refractivity contribution in [3.8, 4) is 0 Å². The summed E-state index contributed by atoms with van der Waals surface area (Å²) in [6.45, 7) is 2.49. The summed E-state index contributed by atoms with van der Waals surface area (Å²) in [6, 6.07) is 3.78. The third kappa shape index (κ3) is 1.75. The number of rotatable bonds is 1. The number of hydrogen-bond acceptors (Lipinski definition) is 1. The molecule has 0 aliphatic heterocycles. The molecule has 0 amide bonds. The number of halogens is 2. The van der Waals surface area contributed by atoms with Crippen LogP contribution in [0.5, 0.6) is 0 Å². The van der Waals surface area contributed by atoms with Gasteiger partial charge in [0.15, 0.2) is 0 Å². The highest BCUT2D eigenvalue weighted by molar-refractivity contribution is 9.10. The van der Waals surface area contributed by atoms with Crippen molar-refractivity contribution in [2.75, 3.05) is 0 Å². The van der Waals surface area contributed by atoms with Crippen LogP contribution in [-0.4, -0.2) is 0 Å². The Kier molecular flexibility index (Phi) is 2.93. The van der Waals surface area contributed by atoms with E-state index in [0.29, 0.717) is 6.54 Å². The van der Waals surface area contributed by atoms with Crippen LogP contribution < -0.4 is 5.73 Å². The first-order chi connectivity index (χ1) is 5.16. The van der Waals surface area contributed by atoms with Crippen molar-refractivity contribution in [1.82, 2.24) is 0 Å². The minimum absolute atomic E-state index is 0.490. The van der Waals surface area contributed by atoms with E-state index in [9.17, 15) is 0 Å². The molecule has 0 heterocycles. The van der Waals surface area contributed by atoms with Gasteiger partial charge in [0, 0.05) is 16.0 Å². The summed E-state index contributed by atoms with van der Waals surface area (Å²) in [5.41, 5.74) is 7.65. The largest absolute Gasteiger partial charge is 0.326 e. The zero-order valence-corrected chi connectivity index (χ0v) is 8.54. The Hall–Kier alpha value is -0.0500. The van der Waals surface area contributed by atoms with Gasteiger partial charge in [0.2, 0.25) is 0 Å². The molecule has 0 unspecified atom stereocenters. The molecule has 2 N–H and O–H groups in total. The molecular formula is C8H9BrClN. The molecule has 0 aliphatic rings. The standard InChI is InChI=1S/C8H9BrClN/c1-5-6(4-11)8(10)3-2-7(5)9/h2-3H,4,11H2,1H3. The number of nitrogens with two attached hydrogens (primary N) is 1. The molecule has 0 aromatic heterocycles. The second-order valence-corrected chi connectivity index (χ2v) is 3.60. The Morgan fingerprint density at radius 3 is 2.64 bits per heavy atom. The summed E-state index contributed by atoms with van der Waals surface area (Å²) >= 11 is 9.31. The average Bonchev–Trinajstić information content (AvgIpc) is 1.99. The van der Waals surface area contributed by atoms with Gasteiger partial charge in [0.25, 0.3) is 0 Å². The summed E-state index contributed by atoms with van der Waals surface area (Å²) < 4.78 is 1.06. The summed E-state index contributed by atoms with van der Waals surface area (Å²) in [6.07, 6.45) is 0. The monoisotopic (exact) mass is 233 g/mol. The van der Waals surface area contributed by atoms with Gasteiger partial charge in [-0.25, -0.2) is 0 Å². The lowest BCUT2D eigenvalue weighted by Gasteiger charge is -2.06. The highest BCUT2D eigenvalue weighted by atomic mass is 79.9. The molecule has 0 aliphatic carbocycles. The predicted molar refractivity (Wildman–Crippen MR) is 51.8 cm³/mol. The molecule has 0 fully saturated rings. The summed E-state index contributed by atoms with van der Waals surface area (Å²) in [5, 5.41) is 0.744. The third-order valence-corrected chi connectivity index (χ3v) is 2.89. The third-order valence-electron chi connectivity index (χ3n) is 1.68. The molecule has 0 radical (unpaired) electrons. The van der Waals surface area contributed by atoms with Crippen molar-refractivity contribution < 1.29 is 0 Å². The van der Waals surface area contributed by atoms with Gasteiger partial charge in [-0.05, 0) is 30.2 Å². The average molecular weight is 235 g/mol. The zero-order valence-electron chi connectivity index (χ0n) is 6.20. The van der Waals surface area contributed by atoms with Gasteiger partial charge in [-0.2, -0.15) is 0 Å². The number of benzene rings is 1. The maximum absolute atomic E-state index is 5.90. The van der Waals surface area contributed by atoms with Crippen LogP contribution >= 0.6 is 27.5 Å². The van der Waals surface area contributed by atoms with E-state index in [1.54, 1.807) is 0 Å². The fraction of sp³-hybridized carbons (Fsp3) is 0.250. The van der Waals surface area contributed by atoms with Gasteiger partial charge in [0.1, 0.15) is 0 Å². The molecular weight excluding hydrogens is 225 g/mol. The normalized spacial score (nSPS) is 10.2. The molecule has 0 atom stereocenters. The van der Waals surface area contributed by atoms with Crippen LogP contribution in [0.25, 0.3) is 0 Å². The summed E-state index contributed by atoms with van der Waals surface area (Å²) in [7, 11) is 0. The maximum atomic E-state index is 5.90. The molecule has 1 aromatic carbocycles. The Morgan fingerprint density at radius 1 is 1.55 bits per heavy atom. The van der Waals surface area contributed by atoms with Gasteiger partial charge in [-0.15, -0.1) is 0 Å². The fourth-order valence-electron chi connectivity index (χ4n) is 0.946. The van der Waals surface area contributed by atoms with E-state index >= 15 is 0 Å². The van der Waals surface area contributed by atoms with E-state index in [-0.39, 0.29) is 0 Å². The highest BCUT2D eigenvalue weighted by Gasteiger charge is 2.04. The Labute approximate surface area is 79.7 Å². The van der Waals surface area contributed by atoms with Gasteiger partial charge in [-0.3, -0.25) is 0 Å². The lowest BCUT2D eigenvalue weighted by molar-refractivity contribution is 1.05. The van der Waals surface area contributed by atoms with Gasteiger partial charge in [0.05, 0.1) is 0 Å². The lowest BCUT2D eigenvalue weighted by atomic mass is 10.1. The van der Waals surface area contributed by atoms with E-state index in [4.69, 9.17) is 17.3 Å². The first kappa shape index (κ1) is 9.04. The maximum Gasteiger partial charge on any atom is 0.0454 e. The van der Waals surface area contributed by atoms with Crippen LogP contribution in [0.3, 0.4) is 0 Å². The van der Waals surface area contributed by atoms with Crippen molar-refractivity contribution in [3.05, 3.63) is 32.8 Å². The van der Waals surface area contributed by atoms with E-state index in [1.165, 1.54) is 0 Å². The Balaban J connectivity index is 3.29. The molecule has 60 valence electrons. The van der Waals surface area contributed by atoms with E-state index in [2.05, 4.69) is 15.9 Å². The van der Waals surface area contributed by atoms with Crippen LogP contribution in [0.4, 0.5) is 0 Å². The van der Waals surface area contributed by atoms with Crippen LogP contribution in [0.1, 0.15) is 11.1 Å². The minimum atomic E-state index is 0.490. The van der Waals surface area contributed by atoms with E-state index in [0.717, 1.165) is 20.6 Å². The molecule has 1 aromatic rings. The number of hydrogen-bond donors (Lipinski definition) is 1. The molecule has 11 heavy (non-hydrogen) atoms. The first-order valence-corrected chi connectivity index (χ1v) is 4.47. The van der Waals surface area contributed by atoms with Crippen molar-refractivity contribution in [2.45, 2.75) is 13.5 Å². The topological polar surface area (TPSA) is 26.0 Å². The first-order valence-electron chi connectivity index (χ1n) is 3.30. The van der Waals surface area contributed by atoms with Crippen LogP contribution in [0.15, 0.2) is 16.6 Å². The smallest absolute Gasteiger partial charge is 0.0454 e. The molecule has 0 spiro atoms. The van der Waals surface area contributed by atoms with Crippen molar-refractivity contribution in [1.29, 1.82) is 0 Å². The zero-order chi connectivity index (χ0) is 8.43. The Morgan fingerprint density at radius 2 is 2.18 bits per heavy atom. The molecule has 0 saturated heterocycles. The minimum Gasteiger partial charge on any atom is -0.326 e. The summed E-state index contributed by atoms with van der Waals surface area (Å²) in [5.74, 6) is 0. The fourth-order valence-corrected chi connectivity index (χ4v) is 1.60. The van der Waals surface area contributed by atoms with Gasteiger partial charge in [-0.1, -0.05) is 27.5 Å². The van der Waals surface area contributed by atoms with Crippen LogP contribution in [0, 0.1) is 6.92 Å². The lowest BCUT2D eigenvalue weighted by Crippen LogP contribution is -2.00. The Bertz CT molecular complexity index is 273. The molecule has 1 rings (SSSR count). The molecule has 3 heteroatoms. The highest BCUT2D eigenvalue weighted by Crippen LogP contribution is 2.25. The van der Waals surface area contributed by atoms with Crippen LogP contribution in [-0.2, 0) is 6.54 Å². The predicted octanol–water partition coefficient (Wildman–Crippen LogP) is 2.87. The van der Waals surface area contributed by atoms with Crippen molar-refractivity contribution >= 4 is 27.5 Å². The van der Waals surface area contributed by atoms with Crippen LogP contribution in [0.2, 0.25) is 5.02 Å². The summed E-state index contributed by atoms with van der Waals surface area (Å²) in [4.78, 5) is 0. The van der Waals surface area contributed by atoms with Crippen molar-refractivity contribution in [2.24, 2.45) is 5.73 Å². The SMILES string of the molecule is Cc1c(Br)ccc(Cl)c1CN.